The molecule has 4 bridgehead atoms. The SMILES string of the molecule is O=C(O)C12CC3C[C@@H](CC(O)(C3)C1)C2. The van der Waals surface area contributed by atoms with E-state index in [2.05, 4.69) is 0 Å². The summed E-state index contributed by atoms with van der Waals surface area (Å²) in [7, 11) is 0. The second-order valence-electron chi connectivity index (χ2n) is 5.77. The van der Waals surface area contributed by atoms with Gasteiger partial charge in [-0.15, -0.1) is 0 Å². The van der Waals surface area contributed by atoms with Crippen LogP contribution in [0.5, 0.6) is 0 Å². The lowest BCUT2D eigenvalue weighted by atomic mass is 9.48. The van der Waals surface area contributed by atoms with Crippen LogP contribution in [0.4, 0.5) is 0 Å². The van der Waals surface area contributed by atoms with Gasteiger partial charge in [0.15, 0.2) is 0 Å². The zero-order chi connectivity index (χ0) is 9.97. The van der Waals surface area contributed by atoms with E-state index in [-0.39, 0.29) is 0 Å². The van der Waals surface area contributed by atoms with Crippen molar-refractivity contribution in [2.24, 2.45) is 17.3 Å². The predicted molar refractivity (Wildman–Crippen MR) is 49.7 cm³/mol. The monoisotopic (exact) mass is 196 g/mol. The Kier molecular flexibility index (Phi) is 1.45. The van der Waals surface area contributed by atoms with Crippen molar-refractivity contribution in [2.45, 2.75) is 44.1 Å². The van der Waals surface area contributed by atoms with Gasteiger partial charge >= 0.3 is 5.97 Å². The highest BCUT2D eigenvalue weighted by atomic mass is 16.4. The molecule has 4 atom stereocenters. The maximum Gasteiger partial charge on any atom is 0.309 e. The molecular formula is C11H16O3. The summed E-state index contributed by atoms with van der Waals surface area (Å²) in [6, 6.07) is 0. The van der Waals surface area contributed by atoms with Gasteiger partial charge in [-0.05, 0) is 50.4 Å². The summed E-state index contributed by atoms with van der Waals surface area (Å²) in [6.07, 6.45) is 4.96. The average molecular weight is 196 g/mol. The largest absolute Gasteiger partial charge is 0.481 e. The number of hydrogen-bond acceptors (Lipinski definition) is 2. The molecule has 4 aliphatic rings. The Morgan fingerprint density at radius 3 is 2.14 bits per heavy atom. The zero-order valence-corrected chi connectivity index (χ0v) is 8.20. The number of carboxylic acids is 1. The van der Waals surface area contributed by atoms with Gasteiger partial charge in [0.1, 0.15) is 0 Å². The lowest BCUT2D eigenvalue weighted by Gasteiger charge is -2.58. The van der Waals surface area contributed by atoms with Crippen LogP contribution in [-0.4, -0.2) is 21.8 Å². The molecule has 4 saturated carbocycles. The highest BCUT2D eigenvalue weighted by Gasteiger charge is 2.60. The molecule has 78 valence electrons. The first kappa shape index (κ1) is 8.72. The fourth-order valence-corrected chi connectivity index (χ4v) is 4.46. The van der Waals surface area contributed by atoms with Crippen molar-refractivity contribution in [2.75, 3.05) is 0 Å². The molecule has 0 heterocycles. The summed E-state index contributed by atoms with van der Waals surface area (Å²) in [4.78, 5) is 11.3. The molecule has 3 unspecified atom stereocenters. The third-order valence-corrected chi connectivity index (χ3v) is 4.48. The lowest BCUT2D eigenvalue weighted by molar-refractivity contribution is -0.191. The number of carboxylic acid groups (broad SMARTS) is 1. The molecule has 3 nitrogen and oxygen atoms in total. The summed E-state index contributed by atoms with van der Waals surface area (Å²) in [6.45, 7) is 0. The number of aliphatic carboxylic acids is 1. The van der Waals surface area contributed by atoms with Crippen molar-refractivity contribution >= 4 is 5.97 Å². The topological polar surface area (TPSA) is 57.5 Å². The minimum absolute atomic E-state index is 0.470. The minimum Gasteiger partial charge on any atom is -0.481 e. The van der Waals surface area contributed by atoms with Crippen molar-refractivity contribution in [1.29, 1.82) is 0 Å². The van der Waals surface area contributed by atoms with Crippen LogP contribution in [0.2, 0.25) is 0 Å². The second-order valence-corrected chi connectivity index (χ2v) is 5.77. The highest BCUT2D eigenvalue weighted by molar-refractivity contribution is 5.75. The lowest BCUT2D eigenvalue weighted by Crippen LogP contribution is -2.58. The van der Waals surface area contributed by atoms with E-state index in [4.69, 9.17) is 0 Å². The Bertz CT molecular complexity index is 283. The summed E-state index contributed by atoms with van der Waals surface area (Å²) in [5.74, 6) is 0.264. The van der Waals surface area contributed by atoms with Crippen molar-refractivity contribution in [3.63, 3.8) is 0 Å². The number of hydrogen-bond donors (Lipinski definition) is 2. The fraction of sp³-hybridized carbons (Fsp3) is 0.909. The first-order chi connectivity index (χ1) is 6.51. The summed E-state index contributed by atoms with van der Waals surface area (Å²) in [5, 5.41) is 19.5. The van der Waals surface area contributed by atoms with Crippen LogP contribution in [-0.2, 0) is 4.79 Å². The number of rotatable bonds is 1. The Hall–Kier alpha value is -0.570. The van der Waals surface area contributed by atoms with Gasteiger partial charge in [-0.1, -0.05) is 0 Å². The molecule has 3 heteroatoms. The molecule has 0 aromatic carbocycles. The standard InChI is InChI=1S/C11H16O3/c12-9(13)10-2-7-1-8(3-10)5-11(14,4-7)6-10/h7-8,14H,1-6H2,(H,12,13)/t7-,8?,10?,11?/m1/s1. The predicted octanol–water partition coefficient (Wildman–Crippen LogP) is 1.40. The van der Waals surface area contributed by atoms with Gasteiger partial charge in [0.2, 0.25) is 0 Å². The van der Waals surface area contributed by atoms with E-state index in [9.17, 15) is 15.0 Å². The second kappa shape index (κ2) is 2.32. The maximum atomic E-state index is 11.3. The smallest absolute Gasteiger partial charge is 0.309 e. The Morgan fingerprint density at radius 2 is 1.71 bits per heavy atom. The van der Waals surface area contributed by atoms with Gasteiger partial charge in [-0.25, -0.2) is 0 Å². The summed E-state index contributed by atoms with van der Waals surface area (Å²) in [5.41, 5.74) is -1.21. The molecule has 4 fully saturated rings. The number of aliphatic hydroxyl groups is 1. The number of carbonyl (C=O) groups is 1. The molecule has 0 saturated heterocycles. The average Bonchev–Trinajstić information content (AvgIpc) is 1.98. The van der Waals surface area contributed by atoms with E-state index < -0.39 is 17.0 Å². The van der Waals surface area contributed by atoms with Crippen LogP contribution < -0.4 is 0 Å². The zero-order valence-electron chi connectivity index (χ0n) is 8.20. The summed E-state index contributed by atoms with van der Waals surface area (Å²) >= 11 is 0. The third kappa shape index (κ3) is 0.991. The summed E-state index contributed by atoms with van der Waals surface area (Å²) < 4.78 is 0. The van der Waals surface area contributed by atoms with E-state index in [1.807, 2.05) is 0 Å². The molecular weight excluding hydrogens is 180 g/mol. The molecule has 14 heavy (non-hydrogen) atoms. The van der Waals surface area contributed by atoms with Crippen molar-refractivity contribution in [3.05, 3.63) is 0 Å². The molecule has 0 radical (unpaired) electrons. The van der Waals surface area contributed by atoms with E-state index in [0.29, 0.717) is 18.3 Å². The van der Waals surface area contributed by atoms with E-state index in [1.54, 1.807) is 0 Å². The van der Waals surface area contributed by atoms with Crippen LogP contribution in [0.15, 0.2) is 0 Å². The molecule has 0 aliphatic heterocycles. The minimum atomic E-state index is -0.676. The van der Waals surface area contributed by atoms with Crippen molar-refractivity contribution < 1.29 is 15.0 Å². The first-order valence-corrected chi connectivity index (χ1v) is 5.47. The van der Waals surface area contributed by atoms with Crippen molar-refractivity contribution in [3.8, 4) is 0 Å². The normalized spacial score (nSPS) is 54.9. The molecule has 2 N–H and O–H groups in total. The van der Waals surface area contributed by atoms with Gasteiger partial charge < -0.3 is 10.2 Å². The van der Waals surface area contributed by atoms with Gasteiger partial charge in [0, 0.05) is 0 Å². The Morgan fingerprint density at radius 1 is 1.14 bits per heavy atom. The van der Waals surface area contributed by atoms with E-state index in [1.165, 1.54) is 0 Å². The van der Waals surface area contributed by atoms with Crippen LogP contribution in [0.3, 0.4) is 0 Å². The van der Waals surface area contributed by atoms with Crippen LogP contribution in [0.1, 0.15) is 38.5 Å². The van der Waals surface area contributed by atoms with Gasteiger partial charge in [-0.3, -0.25) is 4.79 Å². The quantitative estimate of drug-likeness (QED) is 0.666. The third-order valence-electron chi connectivity index (χ3n) is 4.48. The first-order valence-electron chi connectivity index (χ1n) is 5.47. The van der Waals surface area contributed by atoms with E-state index >= 15 is 0 Å². The fourth-order valence-electron chi connectivity index (χ4n) is 4.46. The van der Waals surface area contributed by atoms with Crippen LogP contribution in [0, 0.1) is 17.3 Å². The molecule has 0 aromatic rings. The Labute approximate surface area is 83.1 Å². The van der Waals surface area contributed by atoms with Crippen LogP contribution >= 0.6 is 0 Å². The highest BCUT2D eigenvalue weighted by Crippen LogP contribution is 2.61. The molecule has 4 aliphatic carbocycles. The van der Waals surface area contributed by atoms with Gasteiger partial charge in [0.25, 0.3) is 0 Å². The van der Waals surface area contributed by atoms with Crippen LogP contribution in [0.25, 0.3) is 0 Å². The molecule has 0 aromatic heterocycles. The molecule has 0 amide bonds. The van der Waals surface area contributed by atoms with Gasteiger partial charge in [0.05, 0.1) is 11.0 Å². The maximum absolute atomic E-state index is 11.3. The Balaban J connectivity index is 2.00. The molecule has 4 rings (SSSR count). The van der Waals surface area contributed by atoms with Crippen molar-refractivity contribution in [1.82, 2.24) is 0 Å². The van der Waals surface area contributed by atoms with E-state index in [0.717, 1.165) is 32.1 Å². The van der Waals surface area contributed by atoms with Gasteiger partial charge in [-0.2, -0.15) is 0 Å². The molecule has 0 spiro atoms.